The Morgan fingerprint density at radius 3 is 2.39 bits per heavy atom. The van der Waals surface area contributed by atoms with Gasteiger partial charge < -0.3 is 4.74 Å². The number of hydrogen-bond acceptors (Lipinski definition) is 2. The largest absolute Gasteiger partial charge is 0.487 e. The highest BCUT2D eigenvalue weighted by Gasteiger charge is 2.11. The van der Waals surface area contributed by atoms with Crippen LogP contribution in [0.4, 0.5) is 4.39 Å². The summed E-state index contributed by atoms with van der Waals surface area (Å²) in [4.78, 5) is 0. The topological polar surface area (TPSA) is 33.0 Å². The lowest BCUT2D eigenvalue weighted by Crippen LogP contribution is -1.98. The predicted octanol–water partition coefficient (Wildman–Crippen LogP) is 8.15. The minimum atomic E-state index is -0.377. The van der Waals surface area contributed by atoms with E-state index >= 15 is 0 Å². The second-order valence-electron chi connectivity index (χ2n) is 6.92. The van der Waals surface area contributed by atoms with Crippen molar-refractivity contribution < 1.29 is 9.13 Å². The first-order chi connectivity index (χ1) is 15.0. The SMILES string of the molecule is N#C/C(=C/c1cc(Br)c(OCc2cccc3ccccc23)c(Br)c1)c1cccc(F)c1. The molecule has 4 rings (SSSR count). The lowest BCUT2D eigenvalue weighted by molar-refractivity contribution is 0.303. The van der Waals surface area contributed by atoms with Crippen LogP contribution in [-0.2, 0) is 6.61 Å². The van der Waals surface area contributed by atoms with Crippen molar-refractivity contribution >= 4 is 54.3 Å². The lowest BCUT2D eigenvalue weighted by atomic mass is 10.0. The van der Waals surface area contributed by atoms with Crippen molar-refractivity contribution in [1.29, 1.82) is 5.26 Å². The van der Waals surface area contributed by atoms with E-state index in [1.165, 1.54) is 17.5 Å². The van der Waals surface area contributed by atoms with Gasteiger partial charge in [0.15, 0.2) is 0 Å². The van der Waals surface area contributed by atoms with E-state index in [-0.39, 0.29) is 5.82 Å². The minimum absolute atomic E-state index is 0.377. The molecule has 0 aliphatic heterocycles. The molecule has 152 valence electrons. The van der Waals surface area contributed by atoms with E-state index in [1.807, 2.05) is 30.3 Å². The number of rotatable bonds is 5. The Kier molecular flexibility index (Phi) is 6.50. The number of hydrogen-bond donors (Lipinski definition) is 0. The van der Waals surface area contributed by atoms with Crippen LogP contribution in [-0.4, -0.2) is 0 Å². The van der Waals surface area contributed by atoms with Crippen LogP contribution in [0.3, 0.4) is 0 Å². The quantitative estimate of drug-likeness (QED) is 0.190. The Hall–Kier alpha value is -2.94. The Balaban J connectivity index is 1.61. The first kappa shape index (κ1) is 21.3. The normalized spacial score (nSPS) is 11.4. The number of ether oxygens (including phenoxy) is 1. The summed E-state index contributed by atoms with van der Waals surface area (Å²) in [7, 11) is 0. The van der Waals surface area contributed by atoms with Gasteiger partial charge in [0, 0.05) is 0 Å². The van der Waals surface area contributed by atoms with E-state index in [4.69, 9.17) is 4.74 Å². The average molecular weight is 537 g/mol. The molecule has 0 N–H and O–H groups in total. The maximum atomic E-state index is 13.5. The van der Waals surface area contributed by atoms with E-state index in [0.717, 1.165) is 25.5 Å². The molecule has 4 aromatic rings. The number of fused-ring (bicyclic) bond motifs is 1. The molecule has 2 nitrogen and oxygen atoms in total. The van der Waals surface area contributed by atoms with Crippen molar-refractivity contribution in [3.05, 3.63) is 110 Å². The molecule has 0 radical (unpaired) electrons. The summed E-state index contributed by atoms with van der Waals surface area (Å²) >= 11 is 7.15. The maximum Gasteiger partial charge on any atom is 0.148 e. The van der Waals surface area contributed by atoms with E-state index < -0.39 is 0 Å². The third-order valence-corrected chi connectivity index (χ3v) is 6.02. The van der Waals surface area contributed by atoms with Crippen molar-refractivity contribution in [2.24, 2.45) is 0 Å². The molecule has 0 saturated carbocycles. The van der Waals surface area contributed by atoms with Gasteiger partial charge in [0.25, 0.3) is 0 Å². The molecule has 4 aromatic carbocycles. The van der Waals surface area contributed by atoms with Gasteiger partial charge in [0.2, 0.25) is 0 Å². The fourth-order valence-electron chi connectivity index (χ4n) is 3.37. The molecular formula is C26H16Br2FNO. The predicted molar refractivity (Wildman–Crippen MR) is 130 cm³/mol. The summed E-state index contributed by atoms with van der Waals surface area (Å²) < 4.78 is 21.2. The first-order valence-corrected chi connectivity index (χ1v) is 11.1. The van der Waals surface area contributed by atoms with E-state index in [2.05, 4.69) is 62.2 Å². The lowest BCUT2D eigenvalue weighted by Gasteiger charge is -2.13. The summed E-state index contributed by atoms with van der Waals surface area (Å²) in [6, 6.07) is 26.3. The van der Waals surface area contributed by atoms with Gasteiger partial charge in [-0.15, -0.1) is 0 Å². The number of nitrogens with zero attached hydrogens (tertiary/aromatic N) is 1. The zero-order valence-corrected chi connectivity index (χ0v) is 19.5. The molecule has 0 aromatic heterocycles. The third kappa shape index (κ3) is 4.87. The molecule has 5 heteroatoms. The molecule has 31 heavy (non-hydrogen) atoms. The van der Waals surface area contributed by atoms with Crippen molar-refractivity contribution in [2.75, 3.05) is 0 Å². The fourth-order valence-corrected chi connectivity index (χ4v) is 4.82. The van der Waals surface area contributed by atoms with E-state index in [9.17, 15) is 9.65 Å². The van der Waals surface area contributed by atoms with Gasteiger partial charge in [-0.25, -0.2) is 4.39 Å². The van der Waals surface area contributed by atoms with Gasteiger partial charge in [-0.3, -0.25) is 0 Å². The molecule has 0 aliphatic carbocycles. The van der Waals surface area contributed by atoms with Gasteiger partial charge >= 0.3 is 0 Å². The number of allylic oxidation sites excluding steroid dienone is 1. The minimum Gasteiger partial charge on any atom is -0.487 e. The Labute approximate surface area is 196 Å². The fraction of sp³-hybridized carbons (Fsp3) is 0.0385. The number of benzene rings is 4. The van der Waals surface area contributed by atoms with Gasteiger partial charge in [0.1, 0.15) is 18.2 Å². The van der Waals surface area contributed by atoms with Gasteiger partial charge in [-0.1, -0.05) is 54.6 Å². The molecular weight excluding hydrogens is 521 g/mol. The zero-order chi connectivity index (χ0) is 21.8. The molecule has 0 heterocycles. The van der Waals surface area contributed by atoms with Crippen molar-refractivity contribution in [2.45, 2.75) is 6.61 Å². The van der Waals surface area contributed by atoms with Crippen molar-refractivity contribution in [3.8, 4) is 11.8 Å². The molecule has 0 fully saturated rings. The van der Waals surface area contributed by atoms with Gasteiger partial charge in [-0.05, 0) is 89.7 Å². The molecule has 0 atom stereocenters. The van der Waals surface area contributed by atoms with Crippen LogP contribution < -0.4 is 4.74 Å². The Bertz CT molecular complexity index is 1310. The van der Waals surface area contributed by atoms with Crippen LogP contribution in [0.5, 0.6) is 5.75 Å². The van der Waals surface area contributed by atoms with Crippen LogP contribution in [0, 0.1) is 17.1 Å². The van der Waals surface area contributed by atoms with Crippen LogP contribution in [0.15, 0.2) is 87.8 Å². The highest BCUT2D eigenvalue weighted by molar-refractivity contribution is 9.11. The standard InChI is InChI=1S/C26H16Br2FNO/c27-24-12-17(11-21(15-30)19-7-4-9-22(29)14-19)13-25(28)26(24)31-16-20-8-3-6-18-5-1-2-10-23(18)20/h1-14H,16H2/b21-11-. The highest BCUT2D eigenvalue weighted by atomic mass is 79.9. The molecule has 0 saturated heterocycles. The molecule has 0 amide bonds. The van der Waals surface area contributed by atoms with Crippen molar-refractivity contribution in [1.82, 2.24) is 0 Å². The zero-order valence-electron chi connectivity index (χ0n) is 16.3. The second kappa shape index (κ2) is 9.47. The molecule has 0 spiro atoms. The monoisotopic (exact) mass is 535 g/mol. The third-order valence-electron chi connectivity index (χ3n) is 4.84. The average Bonchev–Trinajstić information content (AvgIpc) is 2.77. The van der Waals surface area contributed by atoms with Crippen molar-refractivity contribution in [3.63, 3.8) is 0 Å². The second-order valence-corrected chi connectivity index (χ2v) is 8.63. The Morgan fingerprint density at radius 1 is 0.935 bits per heavy atom. The summed E-state index contributed by atoms with van der Waals surface area (Å²) in [5, 5.41) is 11.9. The van der Waals surface area contributed by atoms with Crippen LogP contribution in [0.1, 0.15) is 16.7 Å². The van der Waals surface area contributed by atoms with E-state index in [1.54, 1.807) is 18.2 Å². The molecule has 0 bridgehead atoms. The molecule has 0 aliphatic rings. The Morgan fingerprint density at radius 2 is 1.65 bits per heavy atom. The number of halogens is 3. The number of nitriles is 1. The first-order valence-electron chi connectivity index (χ1n) is 9.51. The van der Waals surface area contributed by atoms with Gasteiger partial charge in [0.05, 0.1) is 20.6 Å². The summed E-state index contributed by atoms with van der Waals surface area (Å²) in [6.45, 7) is 0.417. The molecule has 0 unspecified atom stereocenters. The summed E-state index contributed by atoms with van der Waals surface area (Å²) in [6.07, 6.45) is 1.72. The maximum absolute atomic E-state index is 13.5. The summed E-state index contributed by atoms with van der Waals surface area (Å²) in [5.41, 5.74) is 2.80. The highest BCUT2D eigenvalue weighted by Crippen LogP contribution is 2.36. The van der Waals surface area contributed by atoms with Crippen LogP contribution in [0.2, 0.25) is 0 Å². The van der Waals surface area contributed by atoms with Crippen LogP contribution >= 0.6 is 31.9 Å². The van der Waals surface area contributed by atoms with E-state index in [0.29, 0.717) is 23.5 Å². The van der Waals surface area contributed by atoms with Gasteiger partial charge in [-0.2, -0.15) is 5.26 Å². The smallest absolute Gasteiger partial charge is 0.148 e. The van der Waals surface area contributed by atoms with Crippen LogP contribution in [0.25, 0.3) is 22.4 Å². The summed E-state index contributed by atoms with van der Waals surface area (Å²) in [5.74, 6) is 0.299.